The summed E-state index contributed by atoms with van der Waals surface area (Å²) in [7, 11) is -2.53. The quantitative estimate of drug-likeness (QED) is 0.473. The molecule has 2 aromatic heterocycles. The molecule has 0 bridgehead atoms. The fourth-order valence-corrected chi connectivity index (χ4v) is 5.98. The van der Waals surface area contributed by atoms with Crippen molar-refractivity contribution in [3.8, 4) is 17.0 Å². The second-order valence-corrected chi connectivity index (χ2v) is 10.8. The van der Waals surface area contributed by atoms with Gasteiger partial charge in [-0.25, -0.2) is 22.5 Å². The normalized spacial score (nSPS) is 11.5. The third-order valence-corrected chi connectivity index (χ3v) is 8.09. The lowest BCUT2D eigenvalue weighted by atomic mass is 9.88. The summed E-state index contributed by atoms with van der Waals surface area (Å²) in [5.41, 5.74) is 2.26. The lowest BCUT2D eigenvalue weighted by Crippen LogP contribution is -2.31. The highest BCUT2D eigenvalue weighted by atomic mass is 79.9. The van der Waals surface area contributed by atoms with E-state index in [1.165, 1.54) is 31.5 Å². The van der Waals surface area contributed by atoms with E-state index in [2.05, 4.69) is 25.6 Å². The zero-order chi connectivity index (χ0) is 22.8. The largest absolute Gasteiger partial charge is 0.481 e. The number of hydrogen-bond acceptors (Lipinski definition) is 6. The number of hydrogen-bond donors (Lipinski definition) is 1. The molecule has 2 heterocycles. The Labute approximate surface area is 192 Å². The molecule has 0 atom stereocenters. The van der Waals surface area contributed by atoms with Crippen LogP contribution in [0.4, 0.5) is 4.39 Å². The first-order valence-corrected chi connectivity index (χ1v) is 12.4. The average Bonchev–Trinajstić information content (AvgIpc) is 3.16. The van der Waals surface area contributed by atoms with Crippen LogP contribution in [0.3, 0.4) is 0 Å². The van der Waals surface area contributed by atoms with Crippen LogP contribution in [0, 0.1) is 5.82 Å². The number of sulfonamides is 1. The molecule has 0 saturated carbocycles. The van der Waals surface area contributed by atoms with Gasteiger partial charge in [-0.1, -0.05) is 13.8 Å². The van der Waals surface area contributed by atoms with Gasteiger partial charge in [0.25, 0.3) is 10.0 Å². The third-order valence-electron chi connectivity index (χ3n) is 4.52. The van der Waals surface area contributed by atoms with Crippen LogP contribution < -0.4 is 9.46 Å². The zero-order valence-electron chi connectivity index (χ0n) is 17.0. The fourth-order valence-electron chi connectivity index (χ4n) is 3.15. The summed E-state index contributed by atoms with van der Waals surface area (Å²) in [4.78, 5) is 16.8. The minimum absolute atomic E-state index is 0.0232. The standard InChI is InChI=1S/C21H20BrFN2O4S2/c1-12(2)16-8-15(23)9-17(13-4-5-24-20(6-13)29-3)18(16)10-19(26)25-31(27,28)21-7-14(22)11-30-21/h4-9,11-12H,10H2,1-3H3,(H,25,26). The average molecular weight is 527 g/mol. The van der Waals surface area contributed by atoms with Crippen molar-refractivity contribution in [2.24, 2.45) is 0 Å². The van der Waals surface area contributed by atoms with Crippen molar-refractivity contribution in [3.63, 3.8) is 0 Å². The van der Waals surface area contributed by atoms with Crippen LogP contribution in [0.15, 0.2) is 50.6 Å². The second-order valence-electron chi connectivity index (χ2n) is 7.05. The van der Waals surface area contributed by atoms with Gasteiger partial charge in [-0.05, 0) is 68.4 Å². The molecule has 164 valence electrons. The highest BCUT2D eigenvalue weighted by Crippen LogP contribution is 2.33. The van der Waals surface area contributed by atoms with Gasteiger partial charge in [-0.2, -0.15) is 0 Å². The Morgan fingerprint density at radius 3 is 2.65 bits per heavy atom. The Hall–Kier alpha value is -2.30. The third kappa shape index (κ3) is 5.50. The Morgan fingerprint density at radius 2 is 2.03 bits per heavy atom. The smallest absolute Gasteiger partial charge is 0.273 e. The van der Waals surface area contributed by atoms with Crippen LogP contribution >= 0.6 is 27.3 Å². The van der Waals surface area contributed by atoms with E-state index in [9.17, 15) is 17.6 Å². The maximum absolute atomic E-state index is 14.4. The first-order chi connectivity index (χ1) is 14.6. The van der Waals surface area contributed by atoms with Crippen LogP contribution in [0.1, 0.15) is 30.9 Å². The minimum atomic E-state index is -4.00. The molecule has 0 saturated heterocycles. The first-order valence-electron chi connectivity index (χ1n) is 9.23. The molecule has 0 unspecified atom stereocenters. The monoisotopic (exact) mass is 526 g/mol. The van der Waals surface area contributed by atoms with Gasteiger partial charge in [0.15, 0.2) is 0 Å². The van der Waals surface area contributed by atoms with Gasteiger partial charge in [0.2, 0.25) is 11.8 Å². The molecule has 1 aromatic carbocycles. The van der Waals surface area contributed by atoms with E-state index in [0.29, 0.717) is 32.6 Å². The molecule has 0 aliphatic carbocycles. The van der Waals surface area contributed by atoms with E-state index >= 15 is 0 Å². The van der Waals surface area contributed by atoms with Crippen molar-refractivity contribution in [1.82, 2.24) is 9.71 Å². The fraction of sp³-hybridized carbons (Fsp3) is 0.238. The molecule has 1 N–H and O–H groups in total. The molecule has 6 nitrogen and oxygen atoms in total. The number of nitrogens with one attached hydrogen (secondary N) is 1. The number of carbonyl (C=O) groups is 1. The van der Waals surface area contributed by atoms with E-state index in [1.807, 2.05) is 13.8 Å². The predicted molar refractivity (Wildman–Crippen MR) is 121 cm³/mol. The van der Waals surface area contributed by atoms with Gasteiger partial charge in [-0.3, -0.25) is 4.79 Å². The number of methoxy groups -OCH3 is 1. The maximum Gasteiger partial charge on any atom is 0.273 e. The van der Waals surface area contributed by atoms with Gasteiger partial charge >= 0.3 is 0 Å². The minimum Gasteiger partial charge on any atom is -0.481 e. The second kappa shape index (κ2) is 9.46. The lowest BCUT2D eigenvalue weighted by molar-refractivity contribution is -0.118. The van der Waals surface area contributed by atoms with Gasteiger partial charge in [0.1, 0.15) is 10.0 Å². The summed E-state index contributed by atoms with van der Waals surface area (Å²) in [5, 5.41) is 1.62. The Balaban J connectivity index is 2.01. The Kier molecular flexibility index (Phi) is 7.13. The van der Waals surface area contributed by atoms with Crippen LogP contribution in [0.25, 0.3) is 11.1 Å². The van der Waals surface area contributed by atoms with Crippen molar-refractivity contribution in [1.29, 1.82) is 0 Å². The number of nitrogens with zero attached hydrogens (tertiary/aromatic N) is 1. The molecule has 0 fully saturated rings. The molecule has 0 aliphatic rings. The van der Waals surface area contributed by atoms with Crippen LogP contribution in [0.2, 0.25) is 0 Å². The van der Waals surface area contributed by atoms with E-state index in [0.717, 1.165) is 11.3 Å². The van der Waals surface area contributed by atoms with Crippen molar-refractivity contribution >= 4 is 43.2 Å². The molecule has 3 rings (SSSR count). The van der Waals surface area contributed by atoms with E-state index < -0.39 is 21.7 Å². The Morgan fingerprint density at radius 1 is 1.29 bits per heavy atom. The van der Waals surface area contributed by atoms with E-state index in [-0.39, 0.29) is 16.5 Å². The topological polar surface area (TPSA) is 85.4 Å². The van der Waals surface area contributed by atoms with E-state index in [4.69, 9.17) is 4.74 Å². The summed E-state index contributed by atoms with van der Waals surface area (Å²) in [5.74, 6) is -0.907. The van der Waals surface area contributed by atoms with Gasteiger partial charge < -0.3 is 4.74 Å². The number of carbonyl (C=O) groups excluding carboxylic acids is 1. The molecule has 10 heteroatoms. The molecule has 0 radical (unpaired) electrons. The van der Waals surface area contributed by atoms with Gasteiger partial charge in [-0.15, -0.1) is 11.3 Å². The predicted octanol–water partition coefficient (Wildman–Crippen LogP) is 4.89. The summed E-state index contributed by atoms with van der Waals surface area (Å²) >= 11 is 4.21. The van der Waals surface area contributed by atoms with Crippen LogP contribution in [0.5, 0.6) is 5.88 Å². The van der Waals surface area contributed by atoms with Gasteiger partial charge in [0.05, 0.1) is 13.5 Å². The highest BCUT2D eigenvalue weighted by molar-refractivity contribution is 9.10. The van der Waals surface area contributed by atoms with Gasteiger partial charge in [0, 0.05) is 22.1 Å². The number of halogens is 2. The summed E-state index contributed by atoms with van der Waals surface area (Å²) in [6.45, 7) is 3.76. The van der Waals surface area contributed by atoms with Crippen molar-refractivity contribution < 1.29 is 22.3 Å². The molecular weight excluding hydrogens is 507 g/mol. The van der Waals surface area contributed by atoms with E-state index in [1.54, 1.807) is 17.5 Å². The molecule has 31 heavy (non-hydrogen) atoms. The van der Waals surface area contributed by atoms with Crippen LogP contribution in [-0.2, 0) is 21.2 Å². The van der Waals surface area contributed by atoms with Crippen molar-refractivity contribution in [3.05, 3.63) is 63.3 Å². The summed E-state index contributed by atoms with van der Waals surface area (Å²) in [6, 6.07) is 7.45. The number of benzene rings is 1. The maximum atomic E-state index is 14.4. The molecule has 3 aromatic rings. The first kappa shape index (κ1) is 23.4. The number of amides is 1. The SMILES string of the molecule is COc1cc(-c2cc(F)cc(C(C)C)c2CC(=O)NS(=O)(=O)c2cc(Br)cs2)ccn1. The lowest BCUT2D eigenvalue weighted by Gasteiger charge is -2.18. The highest BCUT2D eigenvalue weighted by Gasteiger charge is 2.23. The zero-order valence-corrected chi connectivity index (χ0v) is 20.2. The number of thiophene rings is 1. The Bertz CT molecular complexity index is 1230. The van der Waals surface area contributed by atoms with Crippen LogP contribution in [-0.4, -0.2) is 26.4 Å². The van der Waals surface area contributed by atoms with Crippen molar-refractivity contribution in [2.45, 2.75) is 30.4 Å². The molecule has 0 spiro atoms. The number of aromatic nitrogens is 1. The number of rotatable bonds is 7. The molecule has 1 amide bonds. The molecule has 0 aliphatic heterocycles. The summed E-state index contributed by atoms with van der Waals surface area (Å²) in [6.07, 6.45) is 1.29. The molecular formula is C21H20BrFN2O4S2. The number of pyridine rings is 1. The van der Waals surface area contributed by atoms with Crippen molar-refractivity contribution in [2.75, 3.05) is 7.11 Å². The number of ether oxygens (including phenoxy) is 1. The summed E-state index contributed by atoms with van der Waals surface area (Å²) < 4.78 is 47.4.